The monoisotopic (exact) mass is 275 g/mol. The normalized spacial score (nSPS) is 12.5. The quantitative estimate of drug-likeness (QED) is 0.502. The summed E-state index contributed by atoms with van der Waals surface area (Å²) in [5, 5.41) is 14.4. The summed E-state index contributed by atoms with van der Waals surface area (Å²) >= 11 is 0. The summed E-state index contributed by atoms with van der Waals surface area (Å²) in [7, 11) is 0. The molecule has 0 aliphatic carbocycles. The molecule has 0 bridgehead atoms. The first-order valence-corrected chi connectivity index (χ1v) is 6.48. The summed E-state index contributed by atoms with van der Waals surface area (Å²) in [5.41, 5.74) is 1.75. The van der Waals surface area contributed by atoms with Crippen molar-refractivity contribution >= 4 is 22.7 Å². The third-order valence-corrected chi connectivity index (χ3v) is 3.69. The van der Waals surface area contributed by atoms with Crippen LogP contribution in [0.1, 0.15) is 27.7 Å². The Morgan fingerprint density at radius 1 is 1.10 bits per heavy atom. The Balaban J connectivity index is 2.53. The van der Waals surface area contributed by atoms with Gasteiger partial charge in [0, 0.05) is 5.39 Å². The molecule has 2 aromatic rings. The molecule has 0 amide bonds. The standard InChI is InChI=1S/C14H21N5O/c1-13(2,14(3,4)20)18-11-9-7-5-6-8-10(9)16-12(17-11)19-15/h5-8,20H,15H2,1-4H3,(H2,16,17,18,19). The lowest BCUT2D eigenvalue weighted by atomic mass is 9.86. The highest BCUT2D eigenvalue weighted by Crippen LogP contribution is 2.29. The molecule has 0 aliphatic heterocycles. The van der Waals surface area contributed by atoms with Crippen LogP contribution in [-0.2, 0) is 0 Å². The van der Waals surface area contributed by atoms with Crippen LogP contribution in [0.4, 0.5) is 11.8 Å². The van der Waals surface area contributed by atoms with Gasteiger partial charge in [-0.1, -0.05) is 12.1 Å². The topological polar surface area (TPSA) is 96.1 Å². The van der Waals surface area contributed by atoms with Crippen LogP contribution in [0.5, 0.6) is 0 Å². The van der Waals surface area contributed by atoms with Crippen LogP contribution in [0, 0.1) is 0 Å². The molecule has 5 N–H and O–H groups in total. The zero-order valence-electron chi connectivity index (χ0n) is 12.2. The molecular formula is C14H21N5O. The number of nitrogens with two attached hydrogens (primary N) is 1. The maximum Gasteiger partial charge on any atom is 0.239 e. The van der Waals surface area contributed by atoms with Gasteiger partial charge in [0.2, 0.25) is 5.95 Å². The fourth-order valence-corrected chi connectivity index (χ4v) is 1.69. The maximum atomic E-state index is 10.3. The summed E-state index contributed by atoms with van der Waals surface area (Å²) in [6.45, 7) is 7.34. The zero-order chi connectivity index (χ0) is 15.0. The summed E-state index contributed by atoms with van der Waals surface area (Å²) in [5.74, 6) is 6.37. The van der Waals surface area contributed by atoms with Gasteiger partial charge in [-0.2, -0.15) is 4.98 Å². The van der Waals surface area contributed by atoms with E-state index in [9.17, 15) is 5.11 Å². The molecule has 0 unspecified atom stereocenters. The van der Waals surface area contributed by atoms with E-state index in [1.54, 1.807) is 13.8 Å². The first kappa shape index (κ1) is 14.5. The van der Waals surface area contributed by atoms with Crippen LogP contribution in [-0.4, -0.2) is 26.2 Å². The van der Waals surface area contributed by atoms with Gasteiger partial charge in [-0.3, -0.25) is 5.43 Å². The smallest absolute Gasteiger partial charge is 0.239 e. The molecule has 0 saturated carbocycles. The molecule has 0 radical (unpaired) electrons. The first-order valence-electron chi connectivity index (χ1n) is 6.48. The van der Waals surface area contributed by atoms with Crippen molar-refractivity contribution in [3.05, 3.63) is 24.3 Å². The minimum atomic E-state index is -0.921. The van der Waals surface area contributed by atoms with Crippen LogP contribution in [0.2, 0.25) is 0 Å². The number of anilines is 2. The van der Waals surface area contributed by atoms with Gasteiger partial charge in [-0.15, -0.1) is 0 Å². The van der Waals surface area contributed by atoms with Crippen molar-refractivity contribution in [3.63, 3.8) is 0 Å². The number of rotatable bonds is 4. The molecule has 0 aliphatic rings. The Labute approximate surface area is 118 Å². The van der Waals surface area contributed by atoms with E-state index in [0.29, 0.717) is 11.8 Å². The summed E-state index contributed by atoms with van der Waals surface area (Å²) in [6.07, 6.45) is 0. The fraction of sp³-hybridized carbons (Fsp3) is 0.429. The van der Waals surface area contributed by atoms with Gasteiger partial charge in [-0.25, -0.2) is 10.8 Å². The van der Waals surface area contributed by atoms with Gasteiger partial charge in [0.1, 0.15) is 5.82 Å². The molecule has 2 rings (SSSR count). The molecule has 0 spiro atoms. The molecule has 0 atom stereocenters. The number of hydrazine groups is 1. The van der Waals surface area contributed by atoms with E-state index in [4.69, 9.17) is 5.84 Å². The average Bonchev–Trinajstić information content (AvgIpc) is 2.36. The Morgan fingerprint density at radius 3 is 2.35 bits per heavy atom. The molecule has 1 aromatic carbocycles. The molecule has 0 saturated heterocycles. The van der Waals surface area contributed by atoms with Gasteiger partial charge >= 0.3 is 0 Å². The highest BCUT2D eigenvalue weighted by molar-refractivity contribution is 5.90. The lowest BCUT2D eigenvalue weighted by Crippen LogP contribution is -2.51. The van der Waals surface area contributed by atoms with Crippen molar-refractivity contribution in [3.8, 4) is 0 Å². The van der Waals surface area contributed by atoms with E-state index in [1.165, 1.54) is 0 Å². The van der Waals surface area contributed by atoms with E-state index in [2.05, 4.69) is 20.7 Å². The molecule has 0 fully saturated rings. The largest absolute Gasteiger partial charge is 0.388 e. The molecule has 6 nitrogen and oxygen atoms in total. The Morgan fingerprint density at radius 2 is 1.75 bits per heavy atom. The van der Waals surface area contributed by atoms with E-state index < -0.39 is 11.1 Å². The van der Waals surface area contributed by atoms with Crippen LogP contribution in [0.15, 0.2) is 24.3 Å². The summed E-state index contributed by atoms with van der Waals surface area (Å²) in [4.78, 5) is 8.65. The third-order valence-electron chi connectivity index (χ3n) is 3.69. The first-order chi connectivity index (χ1) is 9.24. The lowest BCUT2D eigenvalue weighted by Gasteiger charge is -2.38. The number of nitrogens with one attached hydrogen (secondary N) is 2. The fourth-order valence-electron chi connectivity index (χ4n) is 1.69. The lowest BCUT2D eigenvalue weighted by molar-refractivity contribution is 0.0239. The number of hydrogen-bond acceptors (Lipinski definition) is 6. The van der Waals surface area contributed by atoms with E-state index >= 15 is 0 Å². The number of benzene rings is 1. The van der Waals surface area contributed by atoms with E-state index in [-0.39, 0.29) is 0 Å². The highest BCUT2D eigenvalue weighted by Gasteiger charge is 2.35. The second-order valence-corrected chi connectivity index (χ2v) is 5.87. The SMILES string of the molecule is CC(C)(O)C(C)(C)Nc1nc(NN)nc2ccccc12. The predicted molar refractivity (Wildman–Crippen MR) is 81.3 cm³/mol. The van der Waals surface area contributed by atoms with E-state index in [1.807, 2.05) is 38.1 Å². The van der Waals surface area contributed by atoms with Gasteiger partial charge < -0.3 is 10.4 Å². The van der Waals surface area contributed by atoms with Crippen LogP contribution in [0.3, 0.4) is 0 Å². The van der Waals surface area contributed by atoms with Gasteiger partial charge in [-0.05, 0) is 39.8 Å². The van der Waals surface area contributed by atoms with Crippen LogP contribution >= 0.6 is 0 Å². The molecule has 6 heteroatoms. The highest BCUT2D eigenvalue weighted by atomic mass is 16.3. The predicted octanol–water partition coefficient (Wildman–Crippen LogP) is 1.88. The Bertz CT molecular complexity index is 618. The number of nitrogens with zero attached hydrogens (tertiary/aromatic N) is 2. The van der Waals surface area contributed by atoms with Gasteiger partial charge in [0.05, 0.1) is 16.7 Å². The summed E-state index contributed by atoms with van der Waals surface area (Å²) in [6, 6.07) is 7.64. The number of aliphatic hydroxyl groups is 1. The van der Waals surface area contributed by atoms with Crippen molar-refractivity contribution in [1.82, 2.24) is 9.97 Å². The number of fused-ring (bicyclic) bond motifs is 1. The molecular weight excluding hydrogens is 254 g/mol. The van der Waals surface area contributed by atoms with Crippen molar-refractivity contribution in [2.24, 2.45) is 5.84 Å². The number of hydrogen-bond donors (Lipinski definition) is 4. The van der Waals surface area contributed by atoms with Gasteiger partial charge in [0.25, 0.3) is 0 Å². The minimum Gasteiger partial charge on any atom is -0.388 e. The summed E-state index contributed by atoms with van der Waals surface area (Å²) < 4.78 is 0. The van der Waals surface area contributed by atoms with E-state index in [0.717, 1.165) is 10.9 Å². The molecule has 1 aromatic heterocycles. The molecule has 108 valence electrons. The number of para-hydroxylation sites is 1. The number of nitrogen functional groups attached to an aromatic ring is 1. The second kappa shape index (κ2) is 4.88. The Kier molecular flexibility index (Phi) is 3.54. The average molecular weight is 275 g/mol. The Hall–Kier alpha value is -1.92. The zero-order valence-corrected chi connectivity index (χ0v) is 12.2. The van der Waals surface area contributed by atoms with Crippen molar-refractivity contribution in [1.29, 1.82) is 0 Å². The maximum absolute atomic E-state index is 10.3. The van der Waals surface area contributed by atoms with Gasteiger partial charge in [0.15, 0.2) is 0 Å². The van der Waals surface area contributed by atoms with Crippen molar-refractivity contribution < 1.29 is 5.11 Å². The number of aromatic nitrogens is 2. The van der Waals surface area contributed by atoms with Crippen LogP contribution < -0.4 is 16.6 Å². The molecule has 1 heterocycles. The third kappa shape index (κ3) is 2.66. The van der Waals surface area contributed by atoms with Crippen molar-refractivity contribution in [2.45, 2.75) is 38.8 Å². The van der Waals surface area contributed by atoms with Crippen molar-refractivity contribution in [2.75, 3.05) is 10.7 Å². The molecule has 20 heavy (non-hydrogen) atoms. The van der Waals surface area contributed by atoms with Crippen LogP contribution in [0.25, 0.3) is 10.9 Å². The second-order valence-electron chi connectivity index (χ2n) is 5.87. The minimum absolute atomic E-state index is 0.331.